The fourth-order valence-electron chi connectivity index (χ4n) is 2.51. The summed E-state index contributed by atoms with van der Waals surface area (Å²) >= 11 is 0. The Balaban J connectivity index is 1.70. The number of benzene rings is 1. The number of aliphatic hydroxyl groups excluding tert-OH is 1. The van der Waals surface area contributed by atoms with E-state index < -0.39 is 0 Å². The molecule has 0 atom stereocenters. The third kappa shape index (κ3) is 5.19. The van der Waals surface area contributed by atoms with Gasteiger partial charge < -0.3 is 14.6 Å². The number of hydrogen-bond donors (Lipinski definition) is 1. The van der Waals surface area contributed by atoms with Crippen LogP contribution in [0, 0.1) is 0 Å². The van der Waals surface area contributed by atoms with Gasteiger partial charge in [-0.15, -0.1) is 0 Å². The Bertz CT molecular complexity index is 406. The summed E-state index contributed by atoms with van der Waals surface area (Å²) in [5.74, 6) is 1.63. The number of nitrogens with zero attached hydrogens (tertiary/aromatic N) is 2. The minimum atomic E-state index is 0.247. The number of rotatable bonds is 8. The molecule has 5 nitrogen and oxygen atoms in total. The second kappa shape index (κ2) is 8.87. The van der Waals surface area contributed by atoms with E-state index in [1.54, 1.807) is 0 Å². The van der Waals surface area contributed by atoms with Crippen LogP contribution >= 0.6 is 0 Å². The number of hydrogen-bond acceptors (Lipinski definition) is 5. The van der Waals surface area contributed by atoms with Crippen LogP contribution in [0.3, 0.4) is 0 Å². The summed E-state index contributed by atoms with van der Waals surface area (Å²) in [6.07, 6.45) is 0. The molecule has 1 aromatic carbocycles. The van der Waals surface area contributed by atoms with Crippen LogP contribution in [-0.2, 0) is 0 Å². The van der Waals surface area contributed by atoms with Crippen LogP contribution in [0.4, 0.5) is 0 Å². The molecule has 0 aromatic heterocycles. The number of ether oxygens (including phenoxy) is 2. The molecule has 0 bridgehead atoms. The molecule has 1 aromatic rings. The molecule has 0 saturated carbocycles. The quantitative estimate of drug-likeness (QED) is 0.777. The van der Waals surface area contributed by atoms with E-state index in [0.717, 1.165) is 50.8 Å². The average molecular weight is 294 g/mol. The second-order valence-electron chi connectivity index (χ2n) is 5.14. The van der Waals surface area contributed by atoms with Crippen molar-refractivity contribution in [2.75, 3.05) is 59.1 Å². The maximum absolute atomic E-state index is 8.93. The van der Waals surface area contributed by atoms with Crippen molar-refractivity contribution in [3.05, 3.63) is 24.3 Å². The Labute approximate surface area is 127 Å². The van der Waals surface area contributed by atoms with Gasteiger partial charge >= 0.3 is 0 Å². The van der Waals surface area contributed by atoms with E-state index in [1.807, 2.05) is 31.2 Å². The monoisotopic (exact) mass is 294 g/mol. The smallest absolute Gasteiger partial charge is 0.161 e. The van der Waals surface area contributed by atoms with E-state index in [0.29, 0.717) is 13.2 Å². The van der Waals surface area contributed by atoms with Crippen molar-refractivity contribution in [1.82, 2.24) is 9.80 Å². The van der Waals surface area contributed by atoms with E-state index in [1.165, 1.54) is 0 Å². The molecule has 1 fully saturated rings. The van der Waals surface area contributed by atoms with Crippen molar-refractivity contribution in [2.24, 2.45) is 0 Å². The first-order valence-electron chi connectivity index (χ1n) is 7.73. The molecule has 1 heterocycles. The first kappa shape index (κ1) is 16.1. The Morgan fingerprint density at radius 3 is 2.10 bits per heavy atom. The summed E-state index contributed by atoms with van der Waals surface area (Å²) in [6.45, 7) is 9.37. The lowest BCUT2D eigenvalue weighted by Gasteiger charge is -2.34. The topological polar surface area (TPSA) is 45.2 Å². The Kier molecular flexibility index (Phi) is 6.79. The molecule has 1 saturated heterocycles. The zero-order valence-corrected chi connectivity index (χ0v) is 12.8. The summed E-state index contributed by atoms with van der Waals surface area (Å²) in [7, 11) is 0. The van der Waals surface area contributed by atoms with E-state index in [4.69, 9.17) is 14.6 Å². The molecule has 1 N–H and O–H groups in total. The van der Waals surface area contributed by atoms with Gasteiger partial charge in [0.2, 0.25) is 0 Å². The van der Waals surface area contributed by atoms with Crippen molar-refractivity contribution in [2.45, 2.75) is 6.92 Å². The molecule has 118 valence electrons. The zero-order valence-electron chi connectivity index (χ0n) is 12.8. The lowest BCUT2D eigenvalue weighted by molar-refractivity contribution is 0.101. The largest absolute Gasteiger partial charge is 0.490 e. The van der Waals surface area contributed by atoms with Gasteiger partial charge in [-0.3, -0.25) is 9.80 Å². The number of aliphatic hydroxyl groups is 1. The fourth-order valence-corrected chi connectivity index (χ4v) is 2.51. The Hall–Kier alpha value is -1.30. The van der Waals surface area contributed by atoms with Crippen molar-refractivity contribution in [1.29, 1.82) is 0 Å². The SMILES string of the molecule is CCOc1ccccc1OCCN1CCN(CCO)CC1. The molecule has 1 aliphatic heterocycles. The zero-order chi connectivity index (χ0) is 14.9. The molecule has 21 heavy (non-hydrogen) atoms. The van der Waals surface area contributed by atoms with Crippen molar-refractivity contribution in [3.8, 4) is 11.5 Å². The summed E-state index contributed by atoms with van der Waals surface area (Å²) in [5, 5.41) is 8.93. The maximum Gasteiger partial charge on any atom is 0.161 e. The highest BCUT2D eigenvalue weighted by Gasteiger charge is 2.16. The number of β-amino-alcohol motifs (C(OH)–C–C–N with tert-alkyl or cyclic N) is 1. The summed E-state index contributed by atoms with van der Waals surface area (Å²) < 4.78 is 11.4. The molecule has 0 amide bonds. The van der Waals surface area contributed by atoms with Gasteiger partial charge in [0.15, 0.2) is 11.5 Å². The molecule has 0 radical (unpaired) electrons. The van der Waals surface area contributed by atoms with Crippen LogP contribution in [-0.4, -0.2) is 74.0 Å². The molecular formula is C16H26N2O3. The lowest BCUT2D eigenvalue weighted by atomic mass is 10.3. The van der Waals surface area contributed by atoms with Gasteiger partial charge in [0.25, 0.3) is 0 Å². The molecule has 0 aliphatic carbocycles. The predicted octanol–water partition coefficient (Wildman–Crippen LogP) is 1.07. The van der Waals surface area contributed by atoms with Gasteiger partial charge in [-0.25, -0.2) is 0 Å². The van der Waals surface area contributed by atoms with Gasteiger partial charge in [0, 0.05) is 39.3 Å². The van der Waals surface area contributed by atoms with Crippen molar-refractivity contribution < 1.29 is 14.6 Å². The Morgan fingerprint density at radius 2 is 1.52 bits per heavy atom. The predicted molar refractivity (Wildman–Crippen MR) is 83.1 cm³/mol. The van der Waals surface area contributed by atoms with Gasteiger partial charge in [-0.05, 0) is 19.1 Å². The highest BCUT2D eigenvalue weighted by molar-refractivity contribution is 5.39. The normalized spacial score (nSPS) is 16.9. The third-order valence-electron chi connectivity index (χ3n) is 3.70. The molecule has 0 spiro atoms. The summed E-state index contributed by atoms with van der Waals surface area (Å²) in [4.78, 5) is 4.69. The van der Waals surface area contributed by atoms with Crippen LogP contribution < -0.4 is 9.47 Å². The van der Waals surface area contributed by atoms with Crippen LogP contribution in [0.1, 0.15) is 6.92 Å². The highest BCUT2D eigenvalue weighted by atomic mass is 16.5. The average Bonchev–Trinajstić information content (AvgIpc) is 2.51. The van der Waals surface area contributed by atoms with E-state index in [9.17, 15) is 0 Å². The molecule has 5 heteroatoms. The standard InChI is InChI=1S/C16H26N2O3/c1-2-20-15-5-3-4-6-16(15)21-14-12-18-9-7-17(8-10-18)11-13-19/h3-6,19H,2,7-14H2,1H3. The van der Waals surface area contributed by atoms with Gasteiger partial charge in [0.1, 0.15) is 6.61 Å². The molecule has 2 rings (SSSR count). The van der Waals surface area contributed by atoms with Crippen LogP contribution in [0.15, 0.2) is 24.3 Å². The fraction of sp³-hybridized carbons (Fsp3) is 0.625. The summed E-state index contributed by atoms with van der Waals surface area (Å²) in [6, 6.07) is 7.81. The molecular weight excluding hydrogens is 268 g/mol. The van der Waals surface area contributed by atoms with Gasteiger partial charge in [-0.1, -0.05) is 12.1 Å². The second-order valence-corrected chi connectivity index (χ2v) is 5.14. The molecule has 0 unspecified atom stereocenters. The Morgan fingerprint density at radius 1 is 0.952 bits per heavy atom. The van der Waals surface area contributed by atoms with Gasteiger partial charge in [-0.2, -0.15) is 0 Å². The van der Waals surface area contributed by atoms with Crippen molar-refractivity contribution >= 4 is 0 Å². The van der Waals surface area contributed by atoms with E-state index in [-0.39, 0.29) is 6.61 Å². The minimum Gasteiger partial charge on any atom is -0.490 e. The van der Waals surface area contributed by atoms with Crippen molar-refractivity contribution in [3.63, 3.8) is 0 Å². The lowest BCUT2D eigenvalue weighted by Crippen LogP contribution is -2.48. The van der Waals surface area contributed by atoms with Crippen LogP contribution in [0.2, 0.25) is 0 Å². The summed E-state index contributed by atoms with van der Waals surface area (Å²) in [5.41, 5.74) is 0. The minimum absolute atomic E-state index is 0.247. The first-order valence-corrected chi connectivity index (χ1v) is 7.73. The number of piperazine rings is 1. The van der Waals surface area contributed by atoms with Gasteiger partial charge in [0.05, 0.1) is 13.2 Å². The highest BCUT2D eigenvalue weighted by Crippen LogP contribution is 2.26. The van der Waals surface area contributed by atoms with Crippen LogP contribution in [0.5, 0.6) is 11.5 Å². The number of para-hydroxylation sites is 2. The molecule has 1 aliphatic rings. The first-order chi connectivity index (χ1) is 10.3. The van der Waals surface area contributed by atoms with E-state index >= 15 is 0 Å². The maximum atomic E-state index is 8.93. The van der Waals surface area contributed by atoms with E-state index in [2.05, 4.69) is 9.80 Å². The van der Waals surface area contributed by atoms with Crippen LogP contribution in [0.25, 0.3) is 0 Å². The third-order valence-corrected chi connectivity index (χ3v) is 3.70.